The number of alkyl halides is 3. The largest absolute Gasteiger partial charge is 0.411 e. The number of hydrogen-bond acceptors (Lipinski definition) is 0. The molecule has 4 heteroatoms. The summed E-state index contributed by atoms with van der Waals surface area (Å²) in [6.45, 7) is 0. The van der Waals surface area contributed by atoms with E-state index < -0.39 is 11.2 Å². The van der Waals surface area contributed by atoms with Crippen LogP contribution in [0.25, 0.3) is 0 Å². The summed E-state index contributed by atoms with van der Waals surface area (Å²) in [5.74, 6) is 4.73. The summed E-state index contributed by atoms with van der Waals surface area (Å²) >= 11 is 5.28. The Morgan fingerprint density at radius 2 is 1.80 bits per heavy atom. The molecule has 0 unspecified atom stereocenters. The molecule has 0 amide bonds. The van der Waals surface area contributed by atoms with E-state index in [4.69, 9.17) is 11.6 Å². The predicted molar refractivity (Wildman–Crippen MR) is 53.3 cm³/mol. The Hall–Kier alpha value is -1.40. The highest BCUT2D eigenvalue weighted by molar-refractivity contribution is 6.32. The Kier molecular flexibility index (Phi) is 3.81. The fourth-order valence-corrected chi connectivity index (χ4v) is 1.00. The molecule has 0 aliphatic heterocycles. The Morgan fingerprint density at radius 3 is 2.33 bits per heavy atom. The molecule has 0 spiro atoms. The lowest BCUT2D eigenvalue weighted by Gasteiger charge is -1.96. The third kappa shape index (κ3) is 5.14. The van der Waals surface area contributed by atoms with Crippen molar-refractivity contribution in [1.82, 2.24) is 0 Å². The van der Waals surface area contributed by atoms with E-state index in [1.807, 2.05) is 0 Å². The van der Waals surface area contributed by atoms with Crippen molar-refractivity contribution in [3.8, 4) is 11.8 Å². The fourth-order valence-electron chi connectivity index (χ4n) is 0.833. The Balaban J connectivity index is 2.80. The van der Waals surface area contributed by atoms with Gasteiger partial charge in [0.05, 0.1) is 5.03 Å². The predicted octanol–water partition coefficient (Wildman–Crippen LogP) is 3.72. The van der Waals surface area contributed by atoms with Crippen LogP contribution in [-0.4, -0.2) is 6.18 Å². The van der Waals surface area contributed by atoms with Crippen molar-refractivity contribution in [1.29, 1.82) is 0 Å². The third-order valence-corrected chi connectivity index (χ3v) is 1.59. The van der Waals surface area contributed by atoms with Crippen LogP contribution < -0.4 is 0 Å². The van der Waals surface area contributed by atoms with Crippen LogP contribution in [0.4, 0.5) is 13.2 Å². The molecule has 0 bridgehead atoms. The zero-order valence-corrected chi connectivity index (χ0v) is 8.23. The zero-order valence-electron chi connectivity index (χ0n) is 7.48. The molecule has 0 heterocycles. The quantitative estimate of drug-likeness (QED) is 0.596. The minimum Gasteiger partial charge on any atom is -0.167 e. The van der Waals surface area contributed by atoms with Gasteiger partial charge in [-0.2, -0.15) is 13.2 Å². The number of allylic oxidation sites excluding steroid dienone is 2. The molecule has 0 aliphatic rings. The summed E-state index contributed by atoms with van der Waals surface area (Å²) in [6, 6.07) is 8.64. The second-order valence-corrected chi connectivity index (χ2v) is 3.06. The standard InChI is InChI=1S/C11H6ClF3/c12-10(8-11(13,14)15)7-6-9-4-2-1-3-5-9/h1-5,8H/b10-8-. The van der Waals surface area contributed by atoms with Crippen LogP contribution in [0.15, 0.2) is 41.4 Å². The summed E-state index contributed by atoms with van der Waals surface area (Å²) in [5.41, 5.74) is 0.617. The second kappa shape index (κ2) is 4.90. The molecule has 0 atom stereocenters. The molecule has 1 aromatic rings. The van der Waals surface area contributed by atoms with Crippen LogP contribution in [-0.2, 0) is 0 Å². The van der Waals surface area contributed by atoms with Crippen molar-refractivity contribution in [3.63, 3.8) is 0 Å². The number of rotatable bonds is 0. The van der Waals surface area contributed by atoms with E-state index >= 15 is 0 Å². The van der Waals surface area contributed by atoms with E-state index in [-0.39, 0.29) is 6.08 Å². The highest BCUT2D eigenvalue weighted by atomic mass is 35.5. The monoisotopic (exact) mass is 230 g/mol. The molecule has 0 saturated carbocycles. The summed E-state index contributed by atoms with van der Waals surface area (Å²) in [7, 11) is 0. The average Bonchev–Trinajstić information content (AvgIpc) is 2.14. The Labute approximate surface area is 90.4 Å². The summed E-state index contributed by atoms with van der Waals surface area (Å²) in [6.07, 6.45) is -4.47. The highest BCUT2D eigenvalue weighted by Crippen LogP contribution is 2.19. The van der Waals surface area contributed by atoms with Crippen molar-refractivity contribution in [2.75, 3.05) is 0 Å². The maximum Gasteiger partial charge on any atom is 0.411 e. The first-order valence-electron chi connectivity index (χ1n) is 3.99. The van der Waals surface area contributed by atoms with Crippen LogP contribution in [0, 0.1) is 11.8 Å². The van der Waals surface area contributed by atoms with Gasteiger partial charge in [-0.05, 0) is 18.1 Å². The highest BCUT2D eigenvalue weighted by Gasteiger charge is 2.23. The number of benzene rings is 1. The van der Waals surface area contributed by atoms with Gasteiger partial charge in [0.2, 0.25) is 0 Å². The molecule has 0 fully saturated rings. The van der Waals surface area contributed by atoms with Crippen LogP contribution in [0.1, 0.15) is 5.56 Å². The van der Waals surface area contributed by atoms with Gasteiger partial charge in [0.25, 0.3) is 0 Å². The van der Waals surface area contributed by atoms with Crippen LogP contribution >= 0.6 is 11.6 Å². The molecule has 0 N–H and O–H groups in total. The van der Waals surface area contributed by atoms with Gasteiger partial charge in [-0.15, -0.1) is 0 Å². The summed E-state index contributed by atoms with van der Waals surface area (Å²) in [5, 5.41) is -0.522. The van der Waals surface area contributed by atoms with E-state index in [1.54, 1.807) is 30.3 Å². The van der Waals surface area contributed by atoms with Gasteiger partial charge in [-0.25, -0.2) is 0 Å². The SMILES string of the molecule is FC(F)(F)/C=C(\Cl)C#Cc1ccccc1. The zero-order chi connectivity index (χ0) is 11.3. The van der Waals surface area contributed by atoms with Gasteiger partial charge < -0.3 is 0 Å². The molecule has 1 aromatic carbocycles. The molecule has 78 valence electrons. The van der Waals surface area contributed by atoms with Crippen LogP contribution in [0.2, 0.25) is 0 Å². The Morgan fingerprint density at radius 1 is 1.20 bits per heavy atom. The molecule has 0 nitrogen and oxygen atoms in total. The smallest absolute Gasteiger partial charge is 0.167 e. The lowest BCUT2D eigenvalue weighted by molar-refractivity contribution is -0.0799. The molecule has 0 aromatic heterocycles. The average molecular weight is 231 g/mol. The molecule has 1 rings (SSSR count). The number of hydrogen-bond donors (Lipinski definition) is 0. The minimum absolute atomic E-state index is 0.0372. The van der Waals surface area contributed by atoms with Crippen molar-refractivity contribution in [3.05, 3.63) is 47.0 Å². The van der Waals surface area contributed by atoms with Gasteiger partial charge in [0.15, 0.2) is 0 Å². The van der Waals surface area contributed by atoms with E-state index in [0.717, 1.165) is 0 Å². The van der Waals surface area contributed by atoms with Gasteiger partial charge in [0, 0.05) is 11.6 Å². The van der Waals surface area contributed by atoms with Crippen LogP contribution in [0.5, 0.6) is 0 Å². The molecule has 0 radical (unpaired) electrons. The Bertz CT molecular complexity index is 407. The normalized spacial score (nSPS) is 11.9. The first kappa shape index (κ1) is 11.7. The van der Waals surface area contributed by atoms with E-state index in [0.29, 0.717) is 5.56 Å². The third-order valence-electron chi connectivity index (χ3n) is 1.39. The first-order chi connectivity index (χ1) is 6.97. The van der Waals surface area contributed by atoms with Gasteiger partial charge in [0.1, 0.15) is 0 Å². The molecule has 15 heavy (non-hydrogen) atoms. The van der Waals surface area contributed by atoms with Crippen LogP contribution in [0.3, 0.4) is 0 Å². The molecular weight excluding hydrogens is 225 g/mol. The molecule has 0 aliphatic carbocycles. The van der Waals surface area contributed by atoms with E-state index in [9.17, 15) is 13.2 Å². The summed E-state index contributed by atoms with van der Waals surface area (Å²) in [4.78, 5) is 0. The van der Waals surface area contributed by atoms with E-state index in [1.165, 1.54) is 0 Å². The van der Waals surface area contributed by atoms with Crippen molar-refractivity contribution < 1.29 is 13.2 Å². The van der Waals surface area contributed by atoms with Crippen molar-refractivity contribution >= 4 is 11.6 Å². The minimum atomic E-state index is -4.43. The molecular formula is C11H6ClF3. The maximum absolute atomic E-state index is 11.8. The van der Waals surface area contributed by atoms with Gasteiger partial charge in [-0.3, -0.25) is 0 Å². The first-order valence-corrected chi connectivity index (χ1v) is 4.37. The van der Waals surface area contributed by atoms with Gasteiger partial charge in [-0.1, -0.05) is 35.7 Å². The topological polar surface area (TPSA) is 0 Å². The molecule has 0 saturated heterocycles. The van der Waals surface area contributed by atoms with Crippen molar-refractivity contribution in [2.24, 2.45) is 0 Å². The van der Waals surface area contributed by atoms with E-state index in [2.05, 4.69) is 11.8 Å². The van der Waals surface area contributed by atoms with Crippen molar-refractivity contribution in [2.45, 2.75) is 6.18 Å². The summed E-state index contributed by atoms with van der Waals surface area (Å²) < 4.78 is 35.4. The lowest BCUT2D eigenvalue weighted by Crippen LogP contribution is -2.01. The maximum atomic E-state index is 11.8. The van der Waals surface area contributed by atoms with Gasteiger partial charge >= 0.3 is 6.18 Å². The second-order valence-electron chi connectivity index (χ2n) is 2.65. The lowest BCUT2D eigenvalue weighted by atomic mass is 10.2. The number of halogens is 4. The fraction of sp³-hybridized carbons (Fsp3) is 0.0909.